The van der Waals surface area contributed by atoms with Crippen LogP contribution in [0.25, 0.3) is 0 Å². The topological polar surface area (TPSA) is 39.4 Å². The van der Waals surface area contributed by atoms with E-state index in [2.05, 4.69) is 4.74 Å². The number of methoxy groups -OCH3 is 1. The third-order valence-corrected chi connectivity index (χ3v) is 1.50. The number of hydrogen-bond donors (Lipinski definition) is 0. The minimum atomic E-state index is -0.275. The Kier molecular flexibility index (Phi) is 2.31. The van der Waals surface area contributed by atoms with Crippen molar-refractivity contribution in [2.75, 3.05) is 7.11 Å². The molecule has 3 nitrogen and oxygen atoms in total. The number of rotatable bonds is 2. The van der Waals surface area contributed by atoms with Crippen molar-refractivity contribution >= 4 is 5.97 Å². The lowest BCUT2D eigenvalue weighted by molar-refractivity contribution is -0.140. The third kappa shape index (κ3) is 1.83. The molecule has 0 saturated carbocycles. The summed E-state index contributed by atoms with van der Waals surface area (Å²) in [5, 5.41) is 0. The second-order valence-corrected chi connectivity index (χ2v) is 2.28. The van der Waals surface area contributed by atoms with E-state index < -0.39 is 0 Å². The molecule has 0 N–H and O–H groups in total. The lowest BCUT2D eigenvalue weighted by Crippen LogP contribution is -2.04. The number of esters is 1. The van der Waals surface area contributed by atoms with Gasteiger partial charge in [0.05, 0.1) is 13.4 Å². The number of carbonyl (C=O) groups excluding carboxylic acids is 1. The van der Waals surface area contributed by atoms with Gasteiger partial charge >= 0.3 is 5.97 Å². The summed E-state index contributed by atoms with van der Waals surface area (Å²) < 4.78 is 9.52. The summed E-state index contributed by atoms with van der Waals surface area (Å²) in [5.74, 6) is 0.403. The van der Waals surface area contributed by atoms with Crippen LogP contribution in [0.3, 0.4) is 0 Å². The molecular formula is C8H10O3. The zero-order valence-electron chi connectivity index (χ0n) is 6.59. The monoisotopic (exact) mass is 154 g/mol. The maximum atomic E-state index is 10.7. The average Bonchev–Trinajstić information content (AvgIpc) is 2.37. The molecule has 3 heteroatoms. The van der Waals surface area contributed by atoms with E-state index in [9.17, 15) is 4.79 Å². The van der Waals surface area contributed by atoms with Crippen LogP contribution in [0.5, 0.6) is 0 Å². The lowest BCUT2D eigenvalue weighted by Gasteiger charge is -1.95. The molecule has 1 rings (SSSR count). The Morgan fingerprint density at radius 2 is 2.45 bits per heavy atom. The zero-order valence-corrected chi connectivity index (χ0v) is 6.59. The Balaban J connectivity index is 2.64. The lowest BCUT2D eigenvalue weighted by atomic mass is 10.2. The van der Waals surface area contributed by atoms with Gasteiger partial charge in [-0.1, -0.05) is 0 Å². The summed E-state index contributed by atoms with van der Waals surface area (Å²) in [6, 6.07) is 1.82. The molecular weight excluding hydrogens is 144 g/mol. The van der Waals surface area contributed by atoms with Gasteiger partial charge in [-0.05, 0) is 18.6 Å². The van der Waals surface area contributed by atoms with Gasteiger partial charge in [0.15, 0.2) is 0 Å². The SMILES string of the molecule is COC(=O)Cc1occc1C. The van der Waals surface area contributed by atoms with Crippen LogP contribution in [0.2, 0.25) is 0 Å². The normalized spacial score (nSPS) is 9.64. The fraction of sp³-hybridized carbons (Fsp3) is 0.375. The Labute approximate surface area is 65.0 Å². The van der Waals surface area contributed by atoms with E-state index in [1.807, 2.05) is 13.0 Å². The minimum absolute atomic E-state index is 0.218. The predicted octanol–water partition coefficient (Wildman–Crippen LogP) is 1.30. The second-order valence-electron chi connectivity index (χ2n) is 2.28. The largest absolute Gasteiger partial charge is 0.469 e. The van der Waals surface area contributed by atoms with E-state index >= 15 is 0 Å². The molecule has 0 aliphatic heterocycles. The van der Waals surface area contributed by atoms with Gasteiger partial charge in [0.1, 0.15) is 12.2 Å². The fourth-order valence-electron chi connectivity index (χ4n) is 0.788. The van der Waals surface area contributed by atoms with Gasteiger partial charge in [0, 0.05) is 0 Å². The van der Waals surface area contributed by atoms with Crippen LogP contribution in [-0.2, 0) is 16.0 Å². The molecule has 0 atom stereocenters. The summed E-state index contributed by atoms with van der Waals surface area (Å²) in [5.41, 5.74) is 0.982. The molecule has 11 heavy (non-hydrogen) atoms. The van der Waals surface area contributed by atoms with E-state index in [0.29, 0.717) is 5.76 Å². The van der Waals surface area contributed by atoms with Crippen molar-refractivity contribution in [3.63, 3.8) is 0 Å². The van der Waals surface area contributed by atoms with E-state index in [1.165, 1.54) is 7.11 Å². The third-order valence-electron chi connectivity index (χ3n) is 1.50. The van der Waals surface area contributed by atoms with Crippen LogP contribution in [0, 0.1) is 6.92 Å². The van der Waals surface area contributed by atoms with Crippen molar-refractivity contribution in [2.24, 2.45) is 0 Å². The van der Waals surface area contributed by atoms with Gasteiger partial charge < -0.3 is 9.15 Å². The first-order valence-corrected chi connectivity index (χ1v) is 3.34. The zero-order chi connectivity index (χ0) is 8.27. The van der Waals surface area contributed by atoms with Crippen LogP contribution in [-0.4, -0.2) is 13.1 Å². The van der Waals surface area contributed by atoms with Crippen LogP contribution < -0.4 is 0 Å². The number of carbonyl (C=O) groups is 1. The standard InChI is InChI=1S/C8H10O3/c1-6-3-4-11-7(6)5-8(9)10-2/h3-4H,5H2,1-2H3. The molecule has 0 bridgehead atoms. The first-order chi connectivity index (χ1) is 5.24. The number of aryl methyl sites for hydroxylation is 1. The van der Waals surface area contributed by atoms with Gasteiger partial charge in [0.2, 0.25) is 0 Å². The van der Waals surface area contributed by atoms with Crippen LogP contribution in [0.15, 0.2) is 16.7 Å². The Morgan fingerprint density at radius 1 is 1.73 bits per heavy atom. The van der Waals surface area contributed by atoms with Gasteiger partial charge in [0.25, 0.3) is 0 Å². The Morgan fingerprint density at radius 3 is 2.91 bits per heavy atom. The highest BCUT2D eigenvalue weighted by Crippen LogP contribution is 2.09. The van der Waals surface area contributed by atoms with Gasteiger partial charge in [-0.15, -0.1) is 0 Å². The molecule has 0 saturated heterocycles. The van der Waals surface area contributed by atoms with Crippen molar-refractivity contribution in [2.45, 2.75) is 13.3 Å². The van der Waals surface area contributed by atoms with Crippen molar-refractivity contribution in [1.82, 2.24) is 0 Å². The molecule has 0 aromatic carbocycles. The average molecular weight is 154 g/mol. The maximum absolute atomic E-state index is 10.7. The molecule has 60 valence electrons. The summed E-state index contributed by atoms with van der Waals surface area (Å²) >= 11 is 0. The van der Waals surface area contributed by atoms with E-state index in [4.69, 9.17) is 4.42 Å². The predicted molar refractivity (Wildman–Crippen MR) is 39.2 cm³/mol. The highest BCUT2D eigenvalue weighted by molar-refractivity contribution is 5.71. The summed E-state index contributed by atoms with van der Waals surface area (Å²) in [7, 11) is 1.36. The summed E-state index contributed by atoms with van der Waals surface area (Å²) in [6.07, 6.45) is 1.78. The first kappa shape index (κ1) is 7.85. The van der Waals surface area contributed by atoms with Gasteiger partial charge in [-0.2, -0.15) is 0 Å². The smallest absolute Gasteiger partial charge is 0.313 e. The molecule has 0 aliphatic rings. The molecule has 0 fully saturated rings. The molecule has 0 unspecified atom stereocenters. The molecule has 0 radical (unpaired) electrons. The summed E-state index contributed by atoms with van der Waals surface area (Å²) in [6.45, 7) is 1.89. The van der Waals surface area contributed by atoms with Crippen molar-refractivity contribution in [1.29, 1.82) is 0 Å². The number of hydrogen-bond acceptors (Lipinski definition) is 3. The van der Waals surface area contributed by atoms with Crippen LogP contribution in [0.4, 0.5) is 0 Å². The minimum Gasteiger partial charge on any atom is -0.469 e. The second kappa shape index (κ2) is 3.23. The van der Waals surface area contributed by atoms with Gasteiger partial charge in [-0.25, -0.2) is 0 Å². The molecule has 1 aromatic heterocycles. The Hall–Kier alpha value is -1.25. The molecule has 1 aromatic rings. The highest BCUT2D eigenvalue weighted by atomic mass is 16.5. The Bertz CT molecular complexity index is 250. The van der Waals surface area contributed by atoms with Crippen molar-refractivity contribution in [3.05, 3.63) is 23.7 Å². The van der Waals surface area contributed by atoms with E-state index in [0.717, 1.165) is 5.56 Å². The maximum Gasteiger partial charge on any atom is 0.313 e. The summed E-state index contributed by atoms with van der Waals surface area (Å²) in [4.78, 5) is 10.7. The van der Waals surface area contributed by atoms with Crippen molar-refractivity contribution in [3.8, 4) is 0 Å². The molecule has 0 amide bonds. The quantitative estimate of drug-likeness (QED) is 0.603. The first-order valence-electron chi connectivity index (χ1n) is 3.34. The molecule has 0 aliphatic carbocycles. The number of ether oxygens (including phenoxy) is 1. The molecule has 1 heterocycles. The van der Waals surface area contributed by atoms with E-state index in [-0.39, 0.29) is 12.4 Å². The van der Waals surface area contributed by atoms with Gasteiger partial charge in [-0.3, -0.25) is 4.79 Å². The van der Waals surface area contributed by atoms with E-state index in [1.54, 1.807) is 6.26 Å². The number of furan rings is 1. The highest BCUT2D eigenvalue weighted by Gasteiger charge is 2.07. The molecule has 0 spiro atoms. The van der Waals surface area contributed by atoms with Crippen LogP contribution in [0.1, 0.15) is 11.3 Å². The van der Waals surface area contributed by atoms with Crippen molar-refractivity contribution < 1.29 is 13.9 Å². The fourth-order valence-corrected chi connectivity index (χ4v) is 0.788. The van der Waals surface area contributed by atoms with Crippen LogP contribution >= 0.6 is 0 Å².